The molecule has 6 rings (SSSR count). The maximum atomic E-state index is 15.6. The van der Waals surface area contributed by atoms with Crippen LogP contribution in [0.3, 0.4) is 0 Å². The van der Waals surface area contributed by atoms with Gasteiger partial charge in [0.2, 0.25) is 11.8 Å². The first-order valence-corrected chi connectivity index (χ1v) is 13.2. The number of H-pyrrole nitrogens is 1. The Morgan fingerprint density at radius 2 is 1.72 bits per heavy atom. The standard InChI is InChI=1S/C31H24F2N6O4/c1-35-28(40)18-4-2-3-17(15-18)26-25-24(11-14-36-27(25)38-37-26)43-23-10-9-21(16-22(23)33)39(20-7-5-19(32)6-8-20)30(42)31(12-13-31)29(34)41/h2-11,14-16H,12-13H2,1H3,(H2,34,41)(H,35,40)(H,36,37,38). The third-order valence-electron chi connectivity index (χ3n) is 7.37. The number of amides is 3. The van der Waals surface area contributed by atoms with Gasteiger partial charge in [-0.25, -0.2) is 13.8 Å². The zero-order valence-electron chi connectivity index (χ0n) is 22.7. The Labute approximate surface area is 243 Å². The number of benzene rings is 3. The summed E-state index contributed by atoms with van der Waals surface area (Å²) in [7, 11) is 1.53. The molecule has 3 amide bonds. The number of pyridine rings is 1. The maximum Gasteiger partial charge on any atom is 0.251 e. The molecule has 0 radical (unpaired) electrons. The van der Waals surface area contributed by atoms with E-state index in [4.69, 9.17) is 10.5 Å². The van der Waals surface area contributed by atoms with Crippen LogP contribution in [-0.4, -0.2) is 40.0 Å². The van der Waals surface area contributed by atoms with E-state index in [1.54, 1.807) is 30.3 Å². The second kappa shape index (κ2) is 10.6. The molecule has 2 aromatic heterocycles. The van der Waals surface area contributed by atoms with E-state index in [1.807, 2.05) is 0 Å². The average molecular weight is 583 g/mol. The van der Waals surface area contributed by atoms with Gasteiger partial charge in [-0.05, 0) is 67.4 Å². The lowest BCUT2D eigenvalue weighted by Crippen LogP contribution is -2.41. The molecule has 0 saturated heterocycles. The number of nitrogens with two attached hydrogens (primary N) is 1. The van der Waals surface area contributed by atoms with Gasteiger partial charge in [-0.1, -0.05) is 12.1 Å². The number of aromatic nitrogens is 3. The van der Waals surface area contributed by atoms with Crippen LogP contribution in [0.5, 0.6) is 11.5 Å². The Balaban J connectivity index is 1.37. The van der Waals surface area contributed by atoms with Crippen molar-refractivity contribution in [3.63, 3.8) is 0 Å². The van der Waals surface area contributed by atoms with E-state index in [9.17, 15) is 18.8 Å². The number of carbonyl (C=O) groups is 3. The summed E-state index contributed by atoms with van der Waals surface area (Å²) in [4.78, 5) is 43.3. The predicted molar refractivity (Wildman–Crippen MR) is 154 cm³/mol. The van der Waals surface area contributed by atoms with Crippen molar-refractivity contribution in [3.8, 4) is 22.8 Å². The van der Waals surface area contributed by atoms with Gasteiger partial charge >= 0.3 is 0 Å². The average Bonchev–Trinajstić information content (AvgIpc) is 3.72. The summed E-state index contributed by atoms with van der Waals surface area (Å²) in [6.45, 7) is 0. The van der Waals surface area contributed by atoms with E-state index in [1.165, 1.54) is 37.5 Å². The number of nitrogens with zero attached hydrogens (tertiary/aromatic N) is 3. The molecule has 1 aliphatic carbocycles. The van der Waals surface area contributed by atoms with Crippen molar-refractivity contribution in [3.05, 3.63) is 96.2 Å². The summed E-state index contributed by atoms with van der Waals surface area (Å²) < 4.78 is 35.3. The SMILES string of the molecule is CNC(=O)c1cccc(-c2[nH]nc3nccc(Oc4ccc(N(C(=O)C5(C(N)=O)CC5)c5ccc(F)cc5)cc4F)c23)c1. The van der Waals surface area contributed by atoms with Crippen molar-refractivity contribution in [2.75, 3.05) is 11.9 Å². The number of aromatic amines is 1. The van der Waals surface area contributed by atoms with E-state index in [0.29, 0.717) is 27.9 Å². The molecule has 1 aliphatic rings. The second-order valence-electron chi connectivity index (χ2n) is 10.0. The fraction of sp³-hybridized carbons (Fsp3) is 0.129. The number of primary amides is 1. The fourth-order valence-corrected chi connectivity index (χ4v) is 4.88. The number of nitrogens with one attached hydrogen (secondary N) is 2. The van der Waals surface area contributed by atoms with Gasteiger partial charge in [0.05, 0.1) is 16.8 Å². The number of anilines is 2. The molecule has 0 bridgehead atoms. The smallest absolute Gasteiger partial charge is 0.251 e. The lowest BCUT2D eigenvalue weighted by Gasteiger charge is -2.26. The van der Waals surface area contributed by atoms with Gasteiger partial charge in [-0.3, -0.25) is 24.4 Å². The number of carbonyl (C=O) groups excluding carboxylic acids is 3. The van der Waals surface area contributed by atoms with Crippen LogP contribution in [0.15, 0.2) is 79.0 Å². The van der Waals surface area contributed by atoms with Crippen molar-refractivity contribution in [1.82, 2.24) is 20.5 Å². The van der Waals surface area contributed by atoms with Gasteiger partial charge in [-0.15, -0.1) is 0 Å². The number of hydrogen-bond acceptors (Lipinski definition) is 6. The van der Waals surface area contributed by atoms with Crippen LogP contribution in [-0.2, 0) is 9.59 Å². The van der Waals surface area contributed by atoms with E-state index >= 15 is 4.39 Å². The molecule has 10 nitrogen and oxygen atoms in total. The fourth-order valence-electron chi connectivity index (χ4n) is 4.88. The van der Waals surface area contributed by atoms with Gasteiger partial charge in [0.25, 0.3) is 5.91 Å². The van der Waals surface area contributed by atoms with Crippen LogP contribution in [0.2, 0.25) is 0 Å². The number of ether oxygens (including phenoxy) is 1. The topological polar surface area (TPSA) is 143 Å². The molecule has 43 heavy (non-hydrogen) atoms. The molecule has 12 heteroatoms. The summed E-state index contributed by atoms with van der Waals surface area (Å²) >= 11 is 0. The van der Waals surface area contributed by atoms with Crippen LogP contribution in [0.1, 0.15) is 23.2 Å². The minimum Gasteiger partial charge on any atom is -0.453 e. The van der Waals surface area contributed by atoms with Crippen molar-refractivity contribution >= 4 is 40.1 Å². The van der Waals surface area contributed by atoms with Gasteiger partial charge in [-0.2, -0.15) is 5.10 Å². The first kappa shape index (κ1) is 27.5. The molecule has 1 saturated carbocycles. The van der Waals surface area contributed by atoms with E-state index in [2.05, 4.69) is 20.5 Å². The van der Waals surface area contributed by atoms with Crippen LogP contribution in [0, 0.1) is 17.0 Å². The van der Waals surface area contributed by atoms with Gasteiger partial charge in [0.15, 0.2) is 17.2 Å². The molecular weight excluding hydrogens is 558 g/mol. The number of halogens is 2. The molecule has 2 heterocycles. The molecule has 216 valence electrons. The molecule has 1 fully saturated rings. The first-order chi connectivity index (χ1) is 20.7. The Bertz CT molecular complexity index is 1900. The number of hydrogen-bond donors (Lipinski definition) is 3. The van der Waals surface area contributed by atoms with E-state index in [0.717, 1.165) is 23.1 Å². The Kier molecular flexibility index (Phi) is 6.81. The highest BCUT2D eigenvalue weighted by Gasteiger charge is 2.57. The summed E-state index contributed by atoms with van der Waals surface area (Å²) in [5.74, 6) is -2.92. The summed E-state index contributed by atoms with van der Waals surface area (Å²) in [6.07, 6.45) is 1.99. The molecule has 3 aromatic carbocycles. The largest absolute Gasteiger partial charge is 0.453 e. The highest BCUT2D eigenvalue weighted by atomic mass is 19.1. The molecular formula is C31H24F2N6O4. The van der Waals surface area contributed by atoms with Crippen LogP contribution in [0.25, 0.3) is 22.3 Å². The normalized spacial score (nSPS) is 13.4. The first-order valence-electron chi connectivity index (χ1n) is 13.2. The lowest BCUT2D eigenvalue weighted by molar-refractivity contribution is -0.133. The lowest BCUT2D eigenvalue weighted by atomic mass is 10.0. The van der Waals surface area contributed by atoms with Crippen LogP contribution >= 0.6 is 0 Å². The van der Waals surface area contributed by atoms with Crippen molar-refractivity contribution in [2.45, 2.75) is 12.8 Å². The van der Waals surface area contributed by atoms with Crippen molar-refractivity contribution in [1.29, 1.82) is 0 Å². The second-order valence-corrected chi connectivity index (χ2v) is 10.0. The molecule has 0 aliphatic heterocycles. The summed E-state index contributed by atoms with van der Waals surface area (Å²) in [5, 5.41) is 10.2. The molecule has 4 N–H and O–H groups in total. The monoisotopic (exact) mass is 582 g/mol. The Morgan fingerprint density at radius 3 is 2.40 bits per heavy atom. The van der Waals surface area contributed by atoms with E-state index in [-0.39, 0.29) is 41.6 Å². The highest BCUT2D eigenvalue weighted by molar-refractivity contribution is 6.16. The van der Waals surface area contributed by atoms with E-state index < -0.39 is 28.9 Å². The van der Waals surface area contributed by atoms with Crippen LogP contribution in [0.4, 0.5) is 20.2 Å². The highest BCUT2D eigenvalue weighted by Crippen LogP contribution is 2.49. The third kappa shape index (κ3) is 4.92. The summed E-state index contributed by atoms with van der Waals surface area (Å²) in [5.41, 5.74) is 6.36. The van der Waals surface area contributed by atoms with Gasteiger partial charge < -0.3 is 15.8 Å². The van der Waals surface area contributed by atoms with Crippen LogP contribution < -0.4 is 20.7 Å². The summed E-state index contributed by atoms with van der Waals surface area (Å²) in [6, 6.07) is 17.3. The zero-order chi connectivity index (χ0) is 30.3. The molecule has 0 unspecified atom stereocenters. The maximum absolute atomic E-state index is 15.6. The Hall–Kier alpha value is -5.65. The van der Waals surface area contributed by atoms with Gasteiger partial charge in [0, 0.05) is 36.1 Å². The third-order valence-corrected chi connectivity index (χ3v) is 7.37. The minimum atomic E-state index is -1.41. The minimum absolute atomic E-state index is 0.101. The molecule has 0 spiro atoms. The van der Waals surface area contributed by atoms with Gasteiger partial charge in [0.1, 0.15) is 17.0 Å². The molecule has 5 aromatic rings. The molecule has 0 atom stereocenters. The zero-order valence-corrected chi connectivity index (χ0v) is 22.7. The van der Waals surface area contributed by atoms with Crippen molar-refractivity contribution in [2.24, 2.45) is 11.1 Å². The van der Waals surface area contributed by atoms with Crippen molar-refractivity contribution < 1.29 is 27.9 Å². The Morgan fingerprint density at radius 1 is 0.977 bits per heavy atom. The number of fused-ring (bicyclic) bond motifs is 1. The quantitative estimate of drug-likeness (QED) is 0.220. The predicted octanol–water partition coefficient (Wildman–Crippen LogP) is 4.99. The number of rotatable bonds is 8.